The van der Waals surface area contributed by atoms with Crippen LogP contribution in [0.1, 0.15) is 17.0 Å². The van der Waals surface area contributed by atoms with Crippen molar-refractivity contribution in [3.63, 3.8) is 0 Å². The fourth-order valence-corrected chi connectivity index (χ4v) is 4.72. The largest absolute Gasteiger partial charge is 0.416 e. The fraction of sp³-hybridized carbons (Fsp3) is 0.143. The lowest BCUT2D eigenvalue weighted by atomic mass is 10.1. The van der Waals surface area contributed by atoms with E-state index in [1.807, 2.05) is 6.07 Å². The van der Waals surface area contributed by atoms with Crippen LogP contribution < -0.4 is 0 Å². The number of para-hydroxylation sites is 2. The van der Waals surface area contributed by atoms with Crippen molar-refractivity contribution in [2.45, 2.75) is 23.9 Å². The molecule has 0 aliphatic rings. The number of halogens is 3. The summed E-state index contributed by atoms with van der Waals surface area (Å²) in [5, 5.41) is 0. The quantitative estimate of drug-likeness (QED) is 0.468. The van der Waals surface area contributed by atoms with Gasteiger partial charge >= 0.3 is 6.18 Å². The van der Waals surface area contributed by atoms with E-state index in [2.05, 4.69) is 9.97 Å². The number of fused-ring (bicyclic) bond motifs is 1. The molecule has 0 unspecified atom stereocenters. The van der Waals surface area contributed by atoms with Crippen LogP contribution in [0.15, 0.2) is 78.0 Å². The van der Waals surface area contributed by atoms with E-state index < -0.39 is 21.8 Å². The van der Waals surface area contributed by atoms with Crippen LogP contribution in [0.5, 0.6) is 0 Å². The van der Waals surface area contributed by atoms with Crippen molar-refractivity contribution < 1.29 is 21.6 Å². The zero-order chi connectivity index (χ0) is 21.4. The first-order valence-electron chi connectivity index (χ1n) is 9.05. The molecule has 0 saturated heterocycles. The third-order valence-electron chi connectivity index (χ3n) is 4.66. The van der Waals surface area contributed by atoms with E-state index in [9.17, 15) is 21.6 Å². The van der Waals surface area contributed by atoms with E-state index in [1.54, 1.807) is 42.7 Å². The van der Waals surface area contributed by atoms with Crippen molar-refractivity contribution in [1.29, 1.82) is 0 Å². The van der Waals surface area contributed by atoms with Crippen molar-refractivity contribution in [2.24, 2.45) is 0 Å². The molecule has 9 heteroatoms. The zero-order valence-electron chi connectivity index (χ0n) is 15.5. The van der Waals surface area contributed by atoms with Gasteiger partial charge in [-0.05, 0) is 54.4 Å². The number of alkyl halides is 3. The van der Waals surface area contributed by atoms with Crippen molar-refractivity contribution in [3.8, 4) is 0 Å². The minimum atomic E-state index is -4.54. The van der Waals surface area contributed by atoms with Gasteiger partial charge in [0.2, 0.25) is 0 Å². The summed E-state index contributed by atoms with van der Waals surface area (Å²) in [5.74, 6) is 0.306. The van der Waals surface area contributed by atoms with Crippen LogP contribution in [0, 0.1) is 0 Å². The van der Waals surface area contributed by atoms with E-state index in [-0.39, 0.29) is 4.90 Å². The Labute approximate surface area is 170 Å². The molecule has 2 aromatic heterocycles. The summed E-state index contributed by atoms with van der Waals surface area (Å²) < 4.78 is 66.3. The molecule has 0 spiro atoms. The molecule has 4 rings (SSSR count). The maximum atomic E-state index is 13.3. The van der Waals surface area contributed by atoms with Crippen molar-refractivity contribution in [1.82, 2.24) is 13.9 Å². The Morgan fingerprint density at radius 3 is 2.30 bits per heavy atom. The van der Waals surface area contributed by atoms with Crippen LogP contribution >= 0.6 is 0 Å². The van der Waals surface area contributed by atoms with E-state index in [4.69, 9.17) is 0 Å². The fourth-order valence-electron chi connectivity index (χ4n) is 3.20. The lowest BCUT2D eigenvalue weighted by molar-refractivity contribution is -0.137. The molecule has 0 radical (unpaired) electrons. The Kier molecular flexibility index (Phi) is 5.07. The zero-order valence-corrected chi connectivity index (χ0v) is 16.4. The Balaban J connectivity index is 1.78. The molecule has 0 fully saturated rings. The Morgan fingerprint density at radius 2 is 1.63 bits per heavy atom. The van der Waals surface area contributed by atoms with Crippen LogP contribution in [0.4, 0.5) is 13.2 Å². The first-order valence-corrected chi connectivity index (χ1v) is 10.5. The first kappa shape index (κ1) is 20.1. The van der Waals surface area contributed by atoms with Gasteiger partial charge in [0.1, 0.15) is 5.82 Å². The molecule has 4 aromatic rings. The molecule has 2 aromatic carbocycles. The molecule has 154 valence electrons. The number of aryl methyl sites for hydroxylation is 2. The SMILES string of the molecule is O=S(=O)(c1ccc(C(F)(F)F)cc1)n1c(CCc2cccnc2)nc2ccccc21. The van der Waals surface area contributed by atoms with Gasteiger partial charge in [0.15, 0.2) is 0 Å². The third kappa shape index (κ3) is 3.80. The van der Waals surface area contributed by atoms with Crippen LogP contribution in [-0.4, -0.2) is 22.4 Å². The topological polar surface area (TPSA) is 64.8 Å². The van der Waals surface area contributed by atoms with E-state index in [1.165, 1.54) is 0 Å². The molecular weight excluding hydrogens is 415 g/mol. The average Bonchev–Trinajstić information content (AvgIpc) is 3.12. The van der Waals surface area contributed by atoms with Gasteiger partial charge in [-0.2, -0.15) is 13.2 Å². The van der Waals surface area contributed by atoms with E-state index in [0.29, 0.717) is 29.7 Å². The number of nitrogens with zero attached hydrogens (tertiary/aromatic N) is 3. The molecule has 0 aliphatic carbocycles. The highest BCUT2D eigenvalue weighted by molar-refractivity contribution is 7.90. The molecule has 0 N–H and O–H groups in total. The van der Waals surface area contributed by atoms with Crippen LogP contribution in [-0.2, 0) is 29.0 Å². The third-order valence-corrected chi connectivity index (χ3v) is 6.42. The molecule has 0 saturated carbocycles. The van der Waals surface area contributed by atoms with Crippen molar-refractivity contribution >= 4 is 21.1 Å². The summed E-state index contributed by atoms with van der Waals surface area (Å²) >= 11 is 0. The standard InChI is InChI=1S/C21H16F3N3O2S/c22-21(23,24)16-8-10-17(11-9-16)30(28,29)27-19-6-2-1-5-18(19)26-20(27)12-7-15-4-3-13-25-14-15/h1-6,8-11,13-14H,7,12H2. The van der Waals surface area contributed by atoms with Gasteiger partial charge < -0.3 is 0 Å². The van der Waals surface area contributed by atoms with Gasteiger partial charge in [0.05, 0.1) is 21.5 Å². The smallest absolute Gasteiger partial charge is 0.264 e. The summed E-state index contributed by atoms with van der Waals surface area (Å²) in [6, 6.07) is 13.9. The average molecular weight is 431 g/mol. The predicted octanol–water partition coefficient (Wildman–Crippen LogP) is 4.47. The highest BCUT2D eigenvalue weighted by atomic mass is 32.2. The van der Waals surface area contributed by atoms with Gasteiger partial charge in [0.25, 0.3) is 10.0 Å². The molecule has 30 heavy (non-hydrogen) atoms. The number of hydrogen-bond donors (Lipinski definition) is 0. The molecule has 0 aliphatic heterocycles. The number of aromatic nitrogens is 3. The molecule has 0 atom stereocenters. The molecular formula is C21H16F3N3O2S. The number of rotatable bonds is 5. The second-order valence-corrected chi connectivity index (χ2v) is 8.46. The summed E-state index contributed by atoms with van der Waals surface area (Å²) in [6.45, 7) is 0. The second kappa shape index (κ2) is 7.56. The van der Waals surface area contributed by atoms with Crippen LogP contribution in [0.25, 0.3) is 11.0 Å². The van der Waals surface area contributed by atoms with Gasteiger partial charge in [0, 0.05) is 18.8 Å². The Hall–Kier alpha value is -3.20. The second-order valence-electron chi connectivity index (χ2n) is 6.67. The summed E-state index contributed by atoms with van der Waals surface area (Å²) in [4.78, 5) is 8.27. The van der Waals surface area contributed by atoms with Crippen molar-refractivity contribution in [2.75, 3.05) is 0 Å². The minimum Gasteiger partial charge on any atom is -0.264 e. The molecule has 0 bridgehead atoms. The number of imidazole rings is 1. The van der Waals surface area contributed by atoms with Crippen LogP contribution in [0.2, 0.25) is 0 Å². The maximum Gasteiger partial charge on any atom is 0.416 e. The summed E-state index contributed by atoms with van der Waals surface area (Å²) in [5.41, 5.74) is 0.879. The monoisotopic (exact) mass is 431 g/mol. The molecule has 0 amide bonds. The van der Waals surface area contributed by atoms with Gasteiger partial charge in [-0.1, -0.05) is 18.2 Å². The van der Waals surface area contributed by atoms with Gasteiger partial charge in [-0.25, -0.2) is 17.4 Å². The lowest BCUT2D eigenvalue weighted by Gasteiger charge is -2.12. The predicted molar refractivity (Wildman–Crippen MR) is 105 cm³/mol. The lowest BCUT2D eigenvalue weighted by Crippen LogP contribution is -2.17. The number of hydrogen-bond acceptors (Lipinski definition) is 4. The Morgan fingerprint density at radius 1 is 0.900 bits per heavy atom. The van der Waals surface area contributed by atoms with Gasteiger partial charge in [-0.15, -0.1) is 0 Å². The highest BCUT2D eigenvalue weighted by Gasteiger charge is 2.31. The molecule has 5 nitrogen and oxygen atoms in total. The maximum absolute atomic E-state index is 13.3. The number of benzene rings is 2. The molecule has 2 heterocycles. The highest BCUT2D eigenvalue weighted by Crippen LogP contribution is 2.31. The summed E-state index contributed by atoms with van der Waals surface area (Å²) in [6.07, 6.45) is -0.371. The minimum absolute atomic E-state index is 0.235. The van der Waals surface area contributed by atoms with E-state index >= 15 is 0 Å². The van der Waals surface area contributed by atoms with E-state index in [0.717, 1.165) is 33.8 Å². The van der Waals surface area contributed by atoms with Crippen LogP contribution in [0.3, 0.4) is 0 Å². The summed E-state index contributed by atoms with van der Waals surface area (Å²) in [7, 11) is -4.15. The van der Waals surface area contributed by atoms with Crippen molar-refractivity contribution in [3.05, 3.63) is 90.0 Å². The first-order chi connectivity index (χ1) is 14.3. The Bertz CT molecular complexity index is 1280. The number of pyridine rings is 1. The van der Waals surface area contributed by atoms with Gasteiger partial charge in [-0.3, -0.25) is 4.98 Å². The normalized spacial score (nSPS) is 12.4.